The Hall–Kier alpha value is -4.73. The van der Waals surface area contributed by atoms with E-state index in [1.54, 1.807) is 0 Å². The molecular weight excluding hydrogens is 526 g/mol. The van der Waals surface area contributed by atoms with Crippen LogP contribution in [0.1, 0.15) is 65.7 Å². The van der Waals surface area contributed by atoms with Crippen LogP contribution >= 0.6 is 0 Å². The molecule has 0 saturated carbocycles. The molecule has 0 saturated heterocycles. The third kappa shape index (κ3) is 10.7. The number of rotatable bonds is 16. The Bertz CT molecular complexity index is 1300. The highest BCUT2D eigenvalue weighted by molar-refractivity contribution is 5.94. The zero-order chi connectivity index (χ0) is 29.6. The average Bonchev–Trinajstić information content (AvgIpc) is 2.95. The van der Waals surface area contributed by atoms with Crippen LogP contribution in [-0.2, 0) is 4.79 Å². The zero-order valence-corrected chi connectivity index (χ0v) is 23.3. The molecular formula is C31H35N3O7. The molecule has 0 aliphatic carbocycles. The van der Waals surface area contributed by atoms with Crippen molar-refractivity contribution in [3.63, 3.8) is 0 Å². The summed E-state index contributed by atoms with van der Waals surface area (Å²) in [6, 6.07) is 18.6. The van der Waals surface area contributed by atoms with Gasteiger partial charge in [-0.3, -0.25) is 4.79 Å². The Kier molecular flexibility index (Phi) is 11.8. The summed E-state index contributed by atoms with van der Waals surface area (Å²) in [5.74, 6) is -2.42. The van der Waals surface area contributed by atoms with Gasteiger partial charge in [-0.25, -0.2) is 9.59 Å². The van der Waals surface area contributed by atoms with Gasteiger partial charge in [0.05, 0.1) is 29.1 Å². The molecule has 10 nitrogen and oxygen atoms in total. The van der Waals surface area contributed by atoms with E-state index in [4.69, 9.17) is 19.7 Å². The summed E-state index contributed by atoms with van der Waals surface area (Å²) in [5.41, 5.74) is 2.13. The predicted molar refractivity (Wildman–Crippen MR) is 155 cm³/mol. The predicted octanol–water partition coefficient (Wildman–Crippen LogP) is 7.28. The molecule has 0 bridgehead atoms. The van der Waals surface area contributed by atoms with Crippen molar-refractivity contribution in [3.8, 4) is 11.5 Å². The van der Waals surface area contributed by atoms with Crippen LogP contribution in [0.5, 0.6) is 11.5 Å². The van der Waals surface area contributed by atoms with Crippen molar-refractivity contribution in [1.82, 2.24) is 0 Å². The number of carbonyl (C=O) groups excluding carboxylic acids is 1. The van der Waals surface area contributed by atoms with Gasteiger partial charge in [-0.2, -0.15) is 10.2 Å². The molecule has 0 aromatic heterocycles. The molecule has 0 spiro atoms. The van der Waals surface area contributed by atoms with E-state index < -0.39 is 17.9 Å². The Morgan fingerprint density at radius 2 is 1.20 bits per heavy atom. The largest absolute Gasteiger partial charge is 0.494 e. The Balaban J connectivity index is 1.26. The van der Waals surface area contributed by atoms with E-state index in [-0.39, 0.29) is 23.3 Å². The van der Waals surface area contributed by atoms with E-state index in [2.05, 4.69) is 10.2 Å². The van der Waals surface area contributed by atoms with Gasteiger partial charge < -0.3 is 24.6 Å². The highest BCUT2D eigenvalue weighted by Gasteiger charge is 2.14. The lowest BCUT2D eigenvalue weighted by Crippen LogP contribution is -2.10. The van der Waals surface area contributed by atoms with Gasteiger partial charge >= 0.3 is 17.9 Å². The number of carboxylic acid groups (broad SMARTS) is 2. The first-order chi connectivity index (χ1) is 19.7. The molecule has 0 atom stereocenters. The number of nitrogens with zero attached hydrogens (tertiary/aromatic N) is 3. The lowest BCUT2D eigenvalue weighted by molar-refractivity contribution is -0.134. The zero-order valence-electron chi connectivity index (χ0n) is 23.3. The number of carboxylic acids is 2. The second-order valence-corrected chi connectivity index (χ2v) is 9.65. The van der Waals surface area contributed by atoms with Crippen molar-refractivity contribution in [2.45, 2.75) is 44.9 Å². The summed E-state index contributed by atoms with van der Waals surface area (Å²) < 4.78 is 11.0. The highest BCUT2D eigenvalue weighted by Crippen LogP contribution is 2.23. The van der Waals surface area contributed by atoms with E-state index in [0.29, 0.717) is 13.0 Å². The summed E-state index contributed by atoms with van der Waals surface area (Å²) in [6.45, 7) is 0.610. The van der Waals surface area contributed by atoms with Crippen LogP contribution in [0.4, 0.5) is 17.1 Å². The minimum Gasteiger partial charge on any atom is -0.494 e. The molecule has 10 heteroatoms. The molecule has 0 aliphatic heterocycles. The quantitative estimate of drug-likeness (QED) is 0.0805. The molecule has 3 aromatic carbocycles. The van der Waals surface area contributed by atoms with Gasteiger partial charge in [-0.05, 0) is 79.6 Å². The maximum Gasteiger partial charge on any atom is 0.335 e. The maximum atomic E-state index is 12.1. The lowest BCUT2D eigenvalue weighted by Gasteiger charge is -2.11. The fourth-order valence-corrected chi connectivity index (χ4v) is 3.90. The van der Waals surface area contributed by atoms with Crippen LogP contribution in [-0.4, -0.2) is 48.8 Å². The van der Waals surface area contributed by atoms with E-state index in [1.807, 2.05) is 67.5 Å². The van der Waals surface area contributed by atoms with Crippen LogP contribution in [0.3, 0.4) is 0 Å². The number of ether oxygens (including phenoxy) is 2. The van der Waals surface area contributed by atoms with Gasteiger partial charge in [0, 0.05) is 26.2 Å². The Morgan fingerprint density at radius 1 is 0.683 bits per heavy atom. The van der Waals surface area contributed by atoms with Crippen molar-refractivity contribution in [3.05, 3.63) is 77.9 Å². The standard InChI is InChI=1S/C31H35N3O7/c1-34(2)26-14-10-24(11-15-26)32-33-25-12-16-27(17-13-25)40-18-8-6-4-3-5-7-9-29(35)41-28-20-22(30(36)37)19-23(21-28)31(38)39/h10-17,19-21H,3-9,18H2,1-2H3,(H,36,37)(H,38,39). The first-order valence-corrected chi connectivity index (χ1v) is 13.5. The maximum absolute atomic E-state index is 12.1. The van der Waals surface area contributed by atoms with Crippen molar-refractivity contribution in [2.24, 2.45) is 10.2 Å². The number of hydrogen-bond acceptors (Lipinski definition) is 8. The Morgan fingerprint density at radius 3 is 1.73 bits per heavy atom. The van der Waals surface area contributed by atoms with Crippen molar-refractivity contribution in [1.29, 1.82) is 0 Å². The second-order valence-electron chi connectivity index (χ2n) is 9.65. The first kappa shape index (κ1) is 30.8. The summed E-state index contributed by atoms with van der Waals surface area (Å²) in [4.78, 5) is 36.5. The van der Waals surface area contributed by atoms with E-state index in [0.717, 1.165) is 73.1 Å². The monoisotopic (exact) mass is 561 g/mol. The molecule has 216 valence electrons. The number of benzene rings is 3. The number of anilines is 1. The van der Waals surface area contributed by atoms with E-state index in [9.17, 15) is 14.4 Å². The molecule has 3 aromatic rings. The van der Waals surface area contributed by atoms with E-state index in [1.165, 1.54) is 0 Å². The minimum atomic E-state index is -1.30. The number of azo groups is 1. The lowest BCUT2D eigenvalue weighted by atomic mass is 10.1. The van der Waals surface area contributed by atoms with Gasteiger partial charge in [0.2, 0.25) is 0 Å². The third-order valence-electron chi connectivity index (χ3n) is 6.16. The summed E-state index contributed by atoms with van der Waals surface area (Å²) in [5, 5.41) is 26.8. The summed E-state index contributed by atoms with van der Waals surface area (Å²) in [6.07, 6.45) is 5.53. The van der Waals surface area contributed by atoms with Gasteiger partial charge in [0.15, 0.2) is 0 Å². The molecule has 2 N–H and O–H groups in total. The second kappa shape index (κ2) is 15.8. The Labute approximate surface area is 239 Å². The van der Waals surface area contributed by atoms with Crippen molar-refractivity contribution in [2.75, 3.05) is 25.6 Å². The van der Waals surface area contributed by atoms with Gasteiger partial charge in [0.1, 0.15) is 11.5 Å². The highest BCUT2D eigenvalue weighted by atomic mass is 16.5. The number of esters is 1. The molecule has 0 fully saturated rings. The molecule has 3 rings (SSSR count). The molecule has 41 heavy (non-hydrogen) atoms. The van der Waals surface area contributed by atoms with Crippen LogP contribution < -0.4 is 14.4 Å². The van der Waals surface area contributed by atoms with Crippen LogP contribution in [0.15, 0.2) is 77.0 Å². The minimum absolute atomic E-state index is 0.0858. The van der Waals surface area contributed by atoms with Crippen molar-refractivity contribution >= 4 is 35.0 Å². The van der Waals surface area contributed by atoms with Crippen LogP contribution in [0, 0.1) is 0 Å². The third-order valence-corrected chi connectivity index (χ3v) is 6.16. The number of hydrogen-bond donors (Lipinski definition) is 2. The SMILES string of the molecule is CN(C)c1ccc(N=Nc2ccc(OCCCCCCCCC(=O)Oc3cc(C(=O)O)cc(C(=O)O)c3)cc2)cc1. The molecule has 0 heterocycles. The molecule has 0 aliphatic rings. The first-order valence-electron chi connectivity index (χ1n) is 13.5. The number of unbranched alkanes of at least 4 members (excludes halogenated alkanes) is 5. The average molecular weight is 562 g/mol. The van der Waals surface area contributed by atoms with Gasteiger partial charge in [-0.1, -0.05) is 25.7 Å². The summed E-state index contributed by atoms with van der Waals surface area (Å²) in [7, 11) is 3.98. The fourth-order valence-electron chi connectivity index (χ4n) is 3.90. The summed E-state index contributed by atoms with van der Waals surface area (Å²) >= 11 is 0. The molecule has 0 unspecified atom stereocenters. The van der Waals surface area contributed by atoms with Gasteiger partial charge in [-0.15, -0.1) is 0 Å². The molecule has 0 amide bonds. The van der Waals surface area contributed by atoms with Crippen LogP contribution in [0.25, 0.3) is 0 Å². The number of carbonyl (C=O) groups is 3. The van der Waals surface area contributed by atoms with E-state index >= 15 is 0 Å². The van der Waals surface area contributed by atoms with Crippen LogP contribution in [0.2, 0.25) is 0 Å². The normalized spacial score (nSPS) is 10.9. The molecule has 0 radical (unpaired) electrons. The van der Waals surface area contributed by atoms with Gasteiger partial charge in [0.25, 0.3) is 0 Å². The fraction of sp³-hybridized carbons (Fsp3) is 0.323. The smallest absolute Gasteiger partial charge is 0.335 e. The van der Waals surface area contributed by atoms with Crippen molar-refractivity contribution < 1.29 is 34.1 Å². The topological polar surface area (TPSA) is 138 Å². The number of aromatic carboxylic acids is 2.